The molecule has 32 heteroatoms. The molecule has 444 valence electrons. The van der Waals surface area contributed by atoms with Crippen molar-refractivity contribution in [1.82, 2.24) is 46.6 Å². The second-order valence-corrected chi connectivity index (χ2v) is 20.5. The summed E-state index contributed by atoms with van der Waals surface area (Å²) in [5.41, 5.74) is 32.3. The Hall–Kier alpha value is -7.71. The van der Waals surface area contributed by atoms with Gasteiger partial charge in [0.1, 0.15) is 42.5 Å². The average Bonchev–Trinajstić information content (AvgIpc) is 4.20. The molecule has 4 heterocycles. The molecule has 0 aromatic carbocycles. The number of amides is 8. The maximum absolute atomic E-state index is 14.3. The number of rotatable bonds is 32. The number of carboxylic acid groups (broad SMARTS) is 1. The molecular weight excluding hydrogens is 1070 g/mol. The summed E-state index contributed by atoms with van der Waals surface area (Å²) >= 11 is 1.28. The second kappa shape index (κ2) is 33.0. The molecular formula is C48H78N18O13S. The fourth-order valence-electron chi connectivity index (χ4n) is 9.39. The lowest BCUT2D eigenvalue weighted by atomic mass is 10.1. The smallest absolute Gasteiger partial charge is 0.326 e. The van der Waals surface area contributed by atoms with Gasteiger partial charge in [0.15, 0.2) is 17.9 Å². The van der Waals surface area contributed by atoms with Crippen molar-refractivity contribution >= 4 is 88.7 Å². The standard InChI is InChI=1S/C48H78N18O13S/c49-46(50)55-15-3-8-27(25-67)59-40(73)29(11-4-16-56-47(51)52)62-42(75)34-13-6-19-65(34)44(77)38-35(69)14-20-66(38)37(71)23-58-39(72)32(22-28-9-7-21-80-28)63-41(74)33(26-68)60-30-10-1-2-18-64(43(30)76)24-36(70)61-31(45(78)79)12-5-17-57-48(53)54/h7,9,21,25,27,29-35,38,60,68-69H,1-6,8,10-20,22-24,26H2,(H,58,72)(H,59,73)(H,61,70)(H,62,75)(H,63,74)(H,78,79)(H4,49,50,55)(H4,51,52,56)(H4,53,54,57)/t27-,29+,30+,31+,32+,33+,34+,35?,38+/m1/s1. The molecule has 0 bridgehead atoms. The number of carbonyl (C=O) groups is 10. The minimum Gasteiger partial charge on any atom is -0.480 e. The van der Waals surface area contributed by atoms with Crippen LogP contribution in [0.25, 0.3) is 0 Å². The van der Waals surface area contributed by atoms with Crippen LogP contribution in [0, 0.1) is 0 Å². The fourth-order valence-corrected chi connectivity index (χ4v) is 10.1. The van der Waals surface area contributed by atoms with E-state index in [-0.39, 0.29) is 115 Å². The molecule has 0 spiro atoms. The first kappa shape index (κ1) is 64.8. The van der Waals surface area contributed by atoms with Gasteiger partial charge in [-0.3, -0.25) is 58.7 Å². The Labute approximate surface area is 465 Å². The highest BCUT2D eigenvalue weighted by atomic mass is 32.1. The maximum Gasteiger partial charge on any atom is 0.326 e. The summed E-state index contributed by atoms with van der Waals surface area (Å²) in [4.78, 5) is 150. The van der Waals surface area contributed by atoms with Gasteiger partial charge in [-0.1, -0.05) is 6.07 Å². The largest absolute Gasteiger partial charge is 0.480 e. The SMILES string of the molecule is NC(N)=NCCC[C@H](NC(=O)CN1CCCC[C@H](N[C@@H](CO)C(=O)N[C@@H](Cc2cccs2)C(=O)NCC(=O)N2CCC(O)[C@H]2C(=O)N2CCC[C@H]2C(=O)N[C@@H](CCCN=C(N)N)C(=O)N[C@@H](C=O)CCCN=C(N)N)C1=O)C(=O)O. The molecule has 9 atom stereocenters. The van der Waals surface area contributed by atoms with Crippen LogP contribution in [0.2, 0.25) is 0 Å². The molecule has 0 radical (unpaired) electrons. The molecule has 4 rings (SSSR count). The van der Waals surface area contributed by atoms with Crippen LogP contribution in [0.15, 0.2) is 32.5 Å². The summed E-state index contributed by atoms with van der Waals surface area (Å²) in [6, 6.07) is -6.40. The van der Waals surface area contributed by atoms with Crippen molar-refractivity contribution in [3.8, 4) is 0 Å². The van der Waals surface area contributed by atoms with Gasteiger partial charge in [-0.15, -0.1) is 11.3 Å². The molecule has 31 nitrogen and oxygen atoms in total. The fraction of sp³-hybridized carbons (Fsp3) is 0.646. The number of nitrogens with zero attached hydrogens (tertiary/aromatic N) is 6. The molecule has 3 saturated heterocycles. The quantitative estimate of drug-likeness (QED) is 0.0138. The van der Waals surface area contributed by atoms with Gasteiger partial charge in [0.25, 0.3) is 0 Å². The van der Waals surface area contributed by atoms with Crippen LogP contribution in [-0.4, -0.2) is 221 Å². The van der Waals surface area contributed by atoms with Crippen molar-refractivity contribution in [1.29, 1.82) is 0 Å². The van der Waals surface area contributed by atoms with Crippen molar-refractivity contribution in [2.75, 3.05) is 59.0 Å². The van der Waals surface area contributed by atoms with E-state index in [1.54, 1.807) is 17.5 Å². The van der Waals surface area contributed by atoms with Crippen molar-refractivity contribution in [3.63, 3.8) is 0 Å². The van der Waals surface area contributed by atoms with E-state index in [9.17, 15) is 63.3 Å². The number of aldehydes is 1. The van der Waals surface area contributed by atoms with Crippen LogP contribution < -0.4 is 66.3 Å². The zero-order chi connectivity index (χ0) is 58.9. The third-order valence-electron chi connectivity index (χ3n) is 13.4. The summed E-state index contributed by atoms with van der Waals surface area (Å²) in [7, 11) is 0. The predicted molar refractivity (Wildman–Crippen MR) is 291 cm³/mol. The maximum atomic E-state index is 14.3. The van der Waals surface area contributed by atoms with Crippen LogP contribution in [0.5, 0.6) is 0 Å². The third kappa shape index (κ3) is 20.8. The number of aliphatic hydroxyl groups is 2. The lowest BCUT2D eigenvalue weighted by Gasteiger charge is -2.33. The van der Waals surface area contributed by atoms with Crippen LogP contribution >= 0.6 is 11.3 Å². The number of aliphatic carboxylic acids is 1. The lowest BCUT2D eigenvalue weighted by Crippen LogP contribution is -2.59. The summed E-state index contributed by atoms with van der Waals surface area (Å²) in [6.07, 6.45) is 1.90. The number of guanidine groups is 3. The van der Waals surface area contributed by atoms with Gasteiger partial charge in [0, 0.05) is 50.6 Å². The number of carboxylic acids is 1. The van der Waals surface area contributed by atoms with E-state index in [1.165, 1.54) is 21.1 Å². The molecule has 1 aromatic heterocycles. The zero-order valence-electron chi connectivity index (χ0n) is 44.5. The van der Waals surface area contributed by atoms with Crippen LogP contribution in [0.4, 0.5) is 0 Å². The van der Waals surface area contributed by atoms with Crippen LogP contribution in [0.3, 0.4) is 0 Å². The number of nitrogens with two attached hydrogens (primary N) is 6. The summed E-state index contributed by atoms with van der Waals surface area (Å²) in [5, 5.41) is 48.7. The number of aliphatic imine (C=N–C) groups is 3. The van der Waals surface area contributed by atoms with Crippen molar-refractivity contribution < 1.29 is 63.3 Å². The number of hydrogen-bond acceptors (Lipinski definition) is 17. The first-order valence-electron chi connectivity index (χ1n) is 26.4. The minimum absolute atomic E-state index is 0.00983. The Morgan fingerprint density at radius 3 is 1.96 bits per heavy atom. The number of likely N-dealkylation sites (tertiary alicyclic amines) is 3. The highest BCUT2D eigenvalue weighted by molar-refractivity contribution is 7.09. The number of hydrogen-bond donors (Lipinski definition) is 15. The Morgan fingerprint density at radius 1 is 0.725 bits per heavy atom. The number of thiophene rings is 1. The van der Waals surface area contributed by atoms with E-state index in [4.69, 9.17) is 34.4 Å². The lowest BCUT2D eigenvalue weighted by molar-refractivity contribution is -0.149. The number of nitrogens with one attached hydrogen (secondary N) is 6. The van der Waals surface area contributed by atoms with Gasteiger partial charge in [-0.25, -0.2) is 4.79 Å². The van der Waals surface area contributed by atoms with Crippen molar-refractivity contribution in [2.24, 2.45) is 49.4 Å². The van der Waals surface area contributed by atoms with Gasteiger partial charge < -0.3 is 95.8 Å². The van der Waals surface area contributed by atoms with Crippen molar-refractivity contribution in [2.45, 2.75) is 138 Å². The van der Waals surface area contributed by atoms with Crippen molar-refractivity contribution in [3.05, 3.63) is 22.4 Å². The summed E-state index contributed by atoms with van der Waals surface area (Å²) < 4.78 is 0. The molecule has 3 fully saturated rings. The molecule has 80 heavy (non-hydrogen) atoms. The average molecular weight is 1150 g/mol. The highest BCUT2D eigenvalue weighted by Crippen LogP contribution is 2.26. The summed E-state index contributed by atoms with van der Waals surface area (Å²) in [6.45, 7) is -1.41. The normalized spacial score (nSPS) is 19.9. The van der Waals surface area contributed by atoms with E-state index in [2.05, 4.69) is 46.9 Å². The molecule has 1 unspecified atom stereocenters. The first-order chi connectivity index (χ1) is 38.1. The van der Waals surface area contributed by atoms with E-state index in [1.807, 2.05) is 0 Å². The van der Waals surface area contributed by atoms with E-state index >= 15 is 0 Å². The molecule has 0 saturated carbocycles. The van der Waals surface area contributed by atoms with Crippen LogP contribution in [-0.2, 0) is 54.4 Å². The summed E-state index contributed by atoms with van der Waals surface area (Å²) in [5.74, 6) is -7.69. The molecule has 3 aliphatic heterocycles. The predicted octanol–water partition coefficient (Wildman–Crippen LogP) is -6.93. The van der Waals surface area contributed by atoms with Gasteiger partial charge in [-0.05, 0) is 88.5 Å². The number of aliphatic hydroxyl groups excluding tert-OH is 2. The van der Waals surface area contributed by atoms with E-state index < -0.39 is 127 Å². The molecule has 0 aliphatic carbocycles. The molecule has 3 aliphatic rings. The molecule has 1 aromatic rings. The zero-order valence-corrected chi connectivity index (χ0v) is 45.4. The topological polar surface area (TPSA) is 506 Å². The van der Waals surface area contributed by atoms with E-state index in [0.717, 1.165) is 4.90 Å². The monoisotopic (exact) mass is 1150 g/mol. The number of carbonyl (C=O) groups excluding carboxylic acids is 9. The third-order valence-corrected chi connectivity index (χ3v) is 14.3. The van der Waals surface area contributed by atoms with Gasteiger partial charge >= 0.3 is 5.97 Å². The first-order valence-corrected chi connectivity index (χ1v) is 27.3. The molecule has 8 amide bonds. The second-order valence-electron chi connectivity index (χ2n) is 19.5. The Balaban J connectivity index is 1.40. The molecule has 21 N–H and O–H groups in total. The van der Waals surface area contributed by atoms with Gasteiger partial charge in [0.2, 0.25) is 47.3 Å². The van der Waals surface area contributed by atoms with Gasteiger partial charge in [-0.2, -0.15) is 0 Å². The minimum atomic E-state index is -1.46. The van der Waals surface area contributed by atoms with Gasteiger partial charge in [0.05, 0.1) is 37.9 Å². The van der Waals surface area contributed by atoms with Crippen LogP contribution in [0.1, 0.15) is 81.9 Å². The highest BCUT2D eigenvalue weighted by Gasteiger charge is 2.47. The van der Waals surface area contributed by atoms with E-state index in [0.29, 0.717) is 36.8 Å². The Morgan fingerprint density at radius 2 is 1.36 bits per heavy atom. The Bertz CT molecular complexity index is 2380. The Kier molecular flexibility index (Phi) is 26.7.